The van der Waals surface area contributed by atoms with Crippen LogP contribution in [0.2, 0.25) is 0 Å². The van der Waals surface area contributed by atoms with Crippen molar-refractivity contribution in [1.82, 2.24) is 25.4 Å². The molecule has 2 heterocycles. The zero-order chi connectivity index (χ0) is 12.1. The number of aromatic nitrogens is 3. The van der Waals surface area contributed by atoms with Gasteiger partial charge in [0, 0.05) is 39.3 Å². The first kappa shape index (κ1) is 12.0. The highest BCUT2D eigenvalue weighted by atomic mass is 16.1. The van der Waals surface area contributed by atoms with Crippen molar-refractivity contribution in [3.8, 4) is 0 Å². The molecule has 0 amide bonds. The van der Waals surface area contributed by atoms with Crippen LogP contribution in [0, 0.1) is 6.92 Å². The molecule has 1 aliphatic rings. The highest BCUT2D eigenvalue weighted by Gasteiger charge is 2.09. The fourth-order valence-electron chi connectivity index (χ4n) is 1.83. The van der Waals surface area contributed by atoms with Crippen molar-refractivity contribution in [2.75, 3.05) is 44.6 Å². The molecule has 94 valence electrons. The quantitative estimate of drug-likeness (QED) is 0.610. The number of rotatable bonds is 4. The minimum Gasteiger partial charge on any atom is -0.367 e. The van der Waals surface area contributed by atoms with Gasteiger partial charge in [-0.15, -0.1) is 0 Å². The summed E-state index contributed by atoms with van der Waals surface area (Å²) in [5, 5.41) is 12.6. The van der Waals surface area contributed by atoms with E-state index in [-0.39, 0.29) is 0 Å². The van der Waals surface area contributed by atoms with Crippen LogP contribution in [0.15, 0.2) is 4.79 Å². The summed E-state index contributed by atoms with van der Waals surface area (Å²) in [6.07, 6.45) is 0. The molecular weight excluding hydrogens is 220 g/mol. The van der Waals surface area contributed by atoms with Gasteiger partial charge < -0.3 is 10.6 Å². The van der Waals surface area contributed by atoms with Crippen molar-refractivity contribution in [2.45, 2.75) is 6.92 Å². The van der Waals surface area contributed by atoms with Crippen LogP contribution < -0.4 is 16.3 Å². The molecule has 0 aromatic carbocycles. The van der Waals surface area contributed by atoms with Crippen LogP contribution in [0.4, 0.5) is 5.82 Å². The summed E-state index contributed by atoms with van der Waals surface area (Å²) >= 11 is 0. The maximum atomic E-state index is 11.0. The van der Waals surface area contributed by atoms with Crippen molar-refractivity contribution in [2.24, 2.45) is 0 Å². The van der Waals surface area contributed by atoms with Gasteiger partial charge >= 0.3 is 5.69 Å². The molecule has 0 radical (unpaired) electrons. The van der Waals surface area contributed by atoms with Gasteiger partial charge in [0.1, 0.15) is 5.69 Å². The Bertz CT molecular complexity index is 412. The first-order valence-corrected chi connectivity index (χ1v) is 5.86. The second-order valence-corrected chi connectivity index (χ2v) is 4.09. The SMILES string of the molecule is Cc1n[nH]c(=O)nc1NCCN1CCNCC1. The van der Waals surface area contributed by atoms with Gasteiger partial charge in [0.2, 0.25) is 0 Å². The molecule has 17 heavy (non-hydrogen) atoms. The Kier molecular flexibility index (Phi) is 4.05. The van der Waals surface area contributed by atoms with E-state index in [1.807, 2.05) is 6.92 Å². The second-order valence-electron chi connectivity index (χ2n) is 4.09. The highest BCUT2D eigenvalue weighted by molar-refractivity contribution is 5.37. The topological polar surface area (TPSA) is 85.9 Å². The molecule has 0 unspecified atom stereocenters. The summed E-state index contributed by atoms with van der Waals surface area (Å²) in [4.78, 5) is 17.2. The number of H-pyrrole nitrogens is 1. The third-order valence-corrected chi connectivity index (χ3v) is 2.81. The molecule has 3 N–H and O–H groups in total. The normalized spacial score (nSPS) is 17.0. The molecule has 1 fully saturated rings. The van der Waals surface area contributed by atoms with E-state index >= 15 is 0 Å². The van der Waals surface area contributed by atoms with Crippen molar-refractivity contribution >= 4 is 5.82 Å². The van der Waals surface area contributed by atoms with Gasteiger partial charge in [-0.05, 0) is 6.92 Å². The Morgan fingerprint density at radius 3 is 2.94 bits per heavy atom. The first-order chi connectivity index (χ1) is 8.25. The fourth-order valence-corrected chi connectivity index (χ4v) is 1.83. The molecule has 0 spiro atoms. The number of nitrogens with one attached hydrogen (secondary N) is 3. The first-order valence-electron chi connectivity index (χ1n) is 5.86. The number of hydrogen-bond donors (Lipinski definition) is 3. The largest absolute Gasteiger partial charge is 0.367 e. The minimum atomic E-state index is -0.416. The lowest BCUT2D eigenvalue weighted by Gasteiger charge is -2.27. The molecule has 1 saturated heterocycles. The Hall–Kier alpha value is -1.47. The number of hydrogen-bond acceptors (Lipinski definition) is 6. The summed E-state index contributed by atoms with van der Waals surface area (Å²) in [6, 6.07) is 0. The van der Waals surface area contributed by atoms with Gasteiger partial charge in [-0.2, -0.15) is 10.1 Å². The third kappa shape index (κ3) is 3.50. The second kappa shape index (κ2) is 5.74. The van der Waals surface area contributed by atoms with Crippen LogP contribution in [0.1, 0.15) is 5.69 Å². The van der Waals surface area contributed by atoms with Crippen LogP contribution in [-0.4, -0.2) is 59.3 Å². The number of piperazine rings is 1. The van der Waals surface area contributed by atoms with E-state index in [1.165, 1.54) is 0 Å². The van der Waals surface area contributed by atoms with E-state index in [2.05, 4.69) is 30.7 Å². The number of aryl methyl sites for hydroxylation is 1. The lowest BCUT2D eigenvalue weighted by Crippen LogP contribution is -2.45. The monoisotopic (exact) mass is 238 g/mol. The van der Waals surface area contributed by atoms with Crippen LogP contribution in [-0.2, 0) is 0 Å². The highest BCUT2D eigenvalue weighted by Crippen LogP contribution is 2.02. The summed E-state index contributed by atoms with van der Waals surface area (Å²) < 4.78 is 0. The Balaban J connectivity index is 1.81. The lowest BCUT2D eigenvalue weighted by molar-refractivity contribution is 0.249. The Labute approximate surface area is 99.6 Å². The van der Waals surface area contributed by atoms with Crippen molar-refractivity contribution < 1.29 is 0 Å². The van der Waals surface area contributed by atoms with Crippen LogP contribution >= 0.6 is 0 Å². The van der Waals surface area contributed by atoms with E-state index in [1.54, 1.807) is 0 Å². The number of anilines is 1. The number of aromatic amines is 1. The van der Waals surface area contributed by atoms with E-state index in [0.29, 0.717) is 11.5 Å². The van der Waals surface area contributed by atoms with Gasteiger partial charge in [0.05, 0.1) is 0 Å². The molecule has 0 bridgehead atoms. The van der Waals surface area contributed by atoms with E-state index in [4.69, 9.17) is 0 Å². The van der Waals surface area contributed by atoms with Gasteiger partial charge in [0.15, 0.2) is 5.82 Å². The average Bonchev–Trinajstić information content (AvgIpc) is 2.35. The van der Waals surface area contributed by atoms with Crippen molar-refractivity contribution in [3.05, 3.63) is 16.2 Å². The van der Waals surface area contributed by atoms with Gasteiger partial charge in [0.25, 0.3) is 0 Å². The zero-order valence-corrected chi connectivity index (χ0v) is 9.99. The Morgan fingerprint density at radius 2 is 2.18 bits per heavy atom. The molecular formula is C10H18N6O. The van der Waals surface area contributed by atoms with E-state index in [0.717, 1.165) is 39.3 Å². The van der Waals surface area contributed by atoms with E-state index < -0.39 is 5.69 Å². The van der Waals surface area contributed by atoms with Crippen molar-refractivity contribution in [1.29, 1.82) is 0 Å². The molecule has 2 rings (SSSR count). The predicted octanol–water partition coefficient (Wildman–Crippen LogP) is -1.21. The third-order valence-electron chi connectivity index (χ3n) is 2.81. The molecule has 0 saturated carbocycles. The summed E-state index contributed by atoms with van der Waals surface area (Å²) in [5.74, 6) is 0.573. The number of nitrogens with zero attached hydrogens (tertiary/aromatic N) is 3. The molecule has 0 atom stereocenters. The summed E-state index contributed by atoms with van der Waals surface area (Å²) in [6.45, 7) is 7.78. The van der Waals surface area contributed by atoms with Crippen LogP contribution in [0.25, 0.3) is 0 Å². The molecule has 1 aromatic rings. The predicted molar refractivity (Wildman–Crippen MR) is 65.2 cm³/mol. The molecule has 1 aliphatic heterocycles. The fraction of sp³-hybridized carbons (Fsp3) is 0.700. The Morgan fingerprint density at radius 1 is 1.41 bits per heavy atom. The zero-order valence-electron chi connectivity index (χ0n) is 9.99. The standard InChI is InChI=1S/C10H18N6O/c1-8-9(13-10(17)15-14-8)12-4-7-16-5-2-11-3-6-16/h11H,2-7H2,1H3,(H2,12,13,15,17). The van der Waals surface area contributed by atoms with E-state index in [9.17, 15) is 4.79 Å². The molecule has 7 heteroatoms. The van der Waals surface area contributed by atoms with Crippen LogP contribution in [0.3, 0.4) is 0 Å². The smallest absolute Gasteiger partial charge is 0.363 e. The van der Waals surface area contributed by atoms with Crippen molar-refractivity contribution in [3.63, 3.8) is 0 Å². The summed E-state index contributed by atoms with van der Waals surface area (Å²) in [7, 11) is 0. The van der Waals surface area contributed by atoms with Gasteiger partial charge in [-0.25, -0.2) is 9.89 Å². The van der Waals surface area contributed by atoms with Gasteiger partial charge in [-0.1, -0.05) is 0 Å². The van der Waals surface area contributed by atoms with Crippen LogP contribution in [0.5, 0.6) is 0 Å². The summed E-state index contributed by atoms with van der Waals surface area (Å²) in [5.41, 5.74) is 0.296. The maximum absolute atomic E-state index is 11.0. The maximum Gasteiger partial charge on any atom is 0.363 e. The molecule has 0 aliphatic carbocycles. The average molecular weight is 238 g/mol. The van der Waals surface area contributed by atoms with Gasteiger partial charge in [-0.3, -0.25) is 4.90 Å². The lowest BCUT2D eigenvalue weighted by atomic mass is 10.3. The molecule has 7 nitrogen and oxygen atoms in total. The molecule has 1 aromatic heterocycles. The minimum absolute atomic E-state index is 0.416.